The van der Waals surface area contributed by atoms with Crippen molar-refractivity contribution in [1.82, 2.24) is 10.0 Å². The number of rotatable bonds is 9. The maximum Gasteiger partial charge on any atom is 0.233 e. The van der Waals surface area contributed by atoms with Crippen LogP contribution >= 0.6 is 0 Å². The van der Waals surface area contributed by atoms with Gasteiger partial charge in [-0.1, -0.05) is 24.0 Å². The summed E-state index contributed by atoms with van der Waals surface area (Å²) in [6.07, 6.45) is 8.71. The predicted molar refractivity (Wildman–Crippen MR) is 127 cm³/mol. The molecule has 2 rings (SSSR count). The van der Waals surface area contributed by atoms with Crippen molar-refractivity contribution in [3.05, 3.63) is 59.4 Å². The molecule has 1 heterocycles. The average molecular weight is 437 g/mol. The second-order valence-corrected chi connectivity index (χ2v) is 8.83. The number of pyridine rings is 1. The molecule has 1 aromatic heterocycles. The summed E-state index contributed by atoms with van der Waals surface area (Å²) in [4.78, 5) is 20.8. The Bertz CT molecular complexity index is 961. The predicted octanol–water partition coefficient (Wildman–Crippen LogP) is 4.33. The molecule has 6 heteroatoms. The smallest absolute Gasteiger partial charge is 0.233 e. The molecule has 1 aromatic carbocycles. The standard InChI is InChI=1S/C26H32N2O4/c1-25(2,3)32-28(20-29)17-6-18-31-24-10-8-22(11-14-26(4,5)30)19-23(24)9-7-21-12-15-27-16-13-21/h7-10,12-13,15-16,19-20,30H,6,17-18H2,1-5H3/b9-7+. The van der Waals surface area contributed by atoms with Crippen LogP contribution in [0, 0.1) is 11.8 Å². The van der Waals surface area contributed by atoms with Crippen molar-refractivity contribution in [3.63, 3.8) is 0 Å². The summed E-state index contributed by atoms with van der Waals surface area (Å²) >= 11 is 0. The lowest BCUT2D eigenvalue weighted by Gasteiger charge is -2.26. The van der Waals surface area contributed by atoms with Gasteiger partial charge in [0.15, 0.2) is 0 Å². The van der Waals surface area contributed by atoms with Gasteiger partial charge in [-0.15, -0.1) is 0 Å². The molecule has 0 radical (unpaired) electrons. The largest absolute Gasteiger partial charge is 0.493 e. The van der Waals surface area contributed by atoms with Crippen LogP contribution in [0.3, 0.4) is 0 Å². The van der Waals surface area contributed by atoms with E-state index in [9.17, 15) is 9.90 Å². The molecule has 0 aliphatic carbocycles. The molecule has 0 saturated heterocycles. The summed E-state index contributed by atoms with van der Waals surface area (Å²) in [5.41, 5.74) is 1.15. The Labute approximate surface area is 190 Å². The third kappa shape index (κ3) is 9.78. The van der Waals surface area contributed by atoms with Crippen LogP contribution in [0.1, 0.15) is 57.7 Å². The Kier molecular flexibility index (Phi) is 9.01. The highest BCUT2D eigenvalue weighted by Crippen LogP contribution is 2.23. The Hall–Kier alpha value is -3.14. The molecule has 0 saturated carbocycles. The van der Waals surface area contributed by atoms with Gasteiger partial charge in [0.1, 0.15) is 11.4 Å². The summed E-state index contributed by atoms with van der Waals surface area (Å²) in [5, 5.41) is 11.2. The van der Waals surface area contributed by atoms with Gasteiger partial charge in [-0.2, -0.15) is 0 Å². The van der Waals surface area contributed by atoms with E-state index in [1.54, 1.807) is 26.2 Å². The van der Waals surface area contributed by atoms with Crippen molar-refractivity contribution < 1.29 is 19.5 Å². The van der Waals surface area contributed by atoms with Gasteiger partial charge in [-0.05, 0) is 70.5 Å². The molecule has 170 valence electrons. The molecule has 0 unspecified atom stereocenters. The molecule has 0 aliphatic heterocycles. The van der Waals surface area contributed by atoms with Gasteiger partial charge < -0.3 is 9.84 Å². The number of amides is 1. The van der Waals surface area contributed by atoms with Crippen LogP contribution in [-0.4, -0.2) is 45.9 Å². The van der Waals surface area contributed by atoms with Crippen molar-refractivity contribution in [2.45, 2.75) is 52.2 Å². The lowest BCUT2D eigenvalue weighted by atomic mass is 10.1. The minimum Gasteiger partial charge on any atom is -0.493 e. The van der Waals surface area contributed by atoms with Crippen LogP contribution in [0.5, 0.6) is 5.75 Å². The average Bonchev–Trinajstić information content (AvgIpc) is 2.73. The maximum absolute atomic E-state index is 11.2. The summed E-state index contributed by atoms with van der Waals surface area (Å²) < 4.78 is 5.99. The lowest BCUT2D eigenvalue weighted by Crippen LogP contribution is -2.34. The van der Waals surface area contributed by atoms with E-state index in [-0.39, 0.29) is 0 Å². The molecule has 6 nitrogen and oxygen atoms in total. The van der Waals surface area contributed by atoms with Crippen LogP contribution in [0.4, 0.5) is 0 Å². The molecular weight excluding hydrogens is 404 g/mol. The molecular formula is C26H32N2O4. The maximum atomic E-state index is 11.2. The third-order valence-corrected chi connectivity index (χ3v) is 3.97. The summed E-state index contributed by atoms with van der Waals surface area (Å²) in [7, 11) is 0. The van der Waals surface area contributed by atoms with E-state index in [1.807, 2.05) is 63.3 Å². The lowest BCUT2D eigenvalue weighted by molar-refractivity contribution is -0.216. The van der Waals surface area contributed by atoms with Crippen molar-refractivity contribution in [3.8, 4) is 17.6 Å². The zero-order chi connectivity index (χ0) is 23.6. The Morgan fingerprint density at radius 1 is 1.09 bits per heavy atom. The Balaban J connectivity index is 2.13. The van der Waals surface area contributed by atoms with E-state index < -0.39 is 11.2 Å². The monoisotopic (exact) mass is 436 g/mol. The summed E-state index contributed by atoms with van der Waals surface area (Å²) in [6.45, 7) is 9.82. The fourth-order valence-electron chi connectivity index (χ4n) is 2.65. The highest BCUT2D eigenvalue weighted by molar-refractivity contribution is 5.73. The van der Waals surface area contributed by atoms with Gasteiger partial charge in [-0.25, -0.2) is 5.06 Å². The van der Waals surface area contributed by atoms with E-state index in [4.69, 9.17) is 9.57 Å². The molecule has 32 heavy (non-hydrogen) atoms. The highest BCUT2D eigenvalue weighted by Gasteiger charge is 2.15. The number of hydrogen-bond donors (Lipinski definition) is 1. The van der Waals surface area contributed by atoms with Gasteiger partial charge in [0, 0.05) is 29.9 Å². The Morgan fingerprint density at radius 2 is 1.81 bits per heavy atom. The quantitative estimate of drug-likeness (QED) is 0.274. The molecule has 1 amide bonds. The van der Waals surface area contributed by atoms with E-state index in [1.165, 1.54) is 5.06 Å². The zero-order valence-electron chi connectivity index (χ0n) is 19.5. The van der Waals surface area contributed by atoms with Gasteiger partial charge in [0.25, 0.3) is 0 Å². The highest BCUT2D eigenvalue weighted by atomic mass is 16.7. The molecule has 1 N–H and O–H groups in total. The molecule has 0 spiro atoms. The van der Waals surface area contributed by atoms with E-state index in [0.29, 0.717) is 31.7 Å². The van der Waals surface area contributed by atoms with Crippen LogP contribution in [0.2, 0.25) is 0 Å². The minimum atomic E-state index is -1.07. The first-order valence-corrected chi connectivity index (χ1v) is 10.6. The number of hydrogen-bond acceptors (Lipinski definition) is 5. The van der Waals surface area contributed by atoms with Crippen LogP contribution in [0.15, 0.2) is 42.7 Å². The van der Waals surface area contributed by atoms with Crippen LogP contribution < -0.4 is 4.74 Å². The van der Waals surface area contributed by atoms with Crippen LogP contribution in [-0.2, 0) is 9.63 Å². The topological polar surface area (TPSA) is 71.9 Å². The van der Waals surface area contributed by atoms with Gasteiger partial charge in [-0.3, -0.25) is 14.6 Å². The van der Waals surface area contributed by atoms with Gasteiger partial charge >= 0.3 is 0 Å². The number of ether oxygens (including phenoxy) is 1. The fraction of sp³-hybridized carbons (Fsp3) is 0.385. The Morgan fingerprint density at radius 3 is 2.44 bits per heavy atom. The molecule has 2 aromatic rings. The van der Waals surface area contributed by atoms with Gasteiger partial charge in [0.05, 0.1) is 18.8 Å². The van der Waals surface area contributed by atoms with E-state index in [2.05, 4.69) is 16.8 Å². The first-order valence-electron chi connectivity index (χ1n) is 10.6. The number of aliphatic hydroxyl groups is 1. The second kappa shape index (κ2) is 11.5. The first-order chi connectivity index (χ1) is 15.1. The van der Waals surface area contributed by atoms with Gasteiger partial charge in [0.2, 0.25) is 6.41 Å². The number of hydroxylamine groups is 2. The third-order valence-electron chi connectivity index (χ3n) is 3.97. The minimum absolute atomic E-state index is 0.419. The molecule has 0 bridgehead atoms. The number of nitrogens with zero attached hydrogens (tertiary/aromatic N) is 2. The first kappa shape index (κ1) is 25.1. The van der Waals surface area contributed by atoms with E-state index >= 15 is 0 Å². The zero-order valence-corrected chi connectivity index (χ0v) is 19.5. The normalized spacial score (nSPS) is 11.7. The van der Waals surface area contributed by atoms with Crippen molar-refractivity contribution in [2.75, 3.05) is 13.2 Å². The summed E-state index contributed by atoms with van der Waals surface area (Å²) in [6, 6.07) is 9.48. The molecule has 0 fully saturated rings. The number of benzene rings is 1. The van der Waals surface area contributed by atoms with Crippen molar-refractivity contribution >= 4 is 18.6 Å². The van der Waals surface area contributed by atoms with Crippen molar-refractivity contribution in [2.24, 2.45) is 0 Å². The number of aromatic nitrogens is 1. The van der Waals surface area contributed by atoms with Crippen molar-refractivity contribution in [1.29, 1.82) is 0 Å². The summed E-state index contributed by atoms with van der Waals surface area (Å²) in [5.74, 6) is 6.54. The fourth-order valence-corrected chi connectivity index (χ4v) is 2.65. The molecule has 0 atom stereocenters. The second-order valence-electron chi connectivity index (χ2n) is 8.83. The number of carbonyl (C=O) groups excluding carboxylic acids is 1. The molecule has 0 aliphatic rings. The van der Waals surface area contributed by atoms with Crippen LogP contribution in [0.25, 0.3) is 12.2 Å². The van der Waals surface area contributed by atoms with E-state index in [0.717, 1.165) is 16.7 Å². The number of carbonyl (C=O) groups is 1. The SMILES string of the molecule is CC(C)(O)C#Cc1ccc(OCCCN(C=O)OC(C)(C)C)c(/C=C/c2ccncc2)c1.